The van der Waals surface area contributed by atoms with Crippen molar-refractivity contribution in [2.75, 3.05) is 12.0 Å². The zero-order valence-corrected chi connectivity index (χ0v) is 15.6. The molecule has 0 aliphatic carbocycles. The van der Waals surface area contributed by atoms with Gasteiger partial charge < -0.3 is 4.74 Å². The lowest BCUT2D eigenvalue weighted by Crippen LogP contribution is -2.50. The number of esters is 1. The molecule has 2 aliphatic heterocycles. The summed E-state index contributed by atoms with van der Waals surface area (Å²) in [5.74, 6) is -2.91. The number of carbonyl (C=O) groups excluding carboxylic acids is 4. The molecule has 27 heavy (non-hydrogen) atoms. The number of para-hydroxylation sites is 1. The Morgan fingerprint density at radius 2 is 1.78 bits per heavy atom. The van der Waals surface area contributed by atoms with Gasteiger partial charge in [-0.3, -0.25) is 19.4 Å². The Kier molecular flexibility index (Phi) is 4.59. The fourth-order valence-corrected chi connectivity index (χ4v) is 3.72. The molecule has 0 aromatic heterocycles. The molecule has 3 rings (SSSR count). The normalized spacial score (nSPS) is 22.0. The average molecular weight is 371 g/mol. The van der Waals surface area contributed by atoms with Crippen LogP contribution in [0.2, 0.25) is 0 Å². The number of hydrogen-bond donors (Lipinski definition) is 0. The van der Waals surface area contributed by atoms with E-state index in [1.54, 1.807) is 44.2 Å². The Morgan fingerprint density at radius 3 is 2.33 bits per heavy atom. The van der Waals surface area contributed by atoms with E-state index in [0.717, 1.165) is 4.90 Å². The highest BCUT2D eigenvalue weighted by Crippen LogP contribution is 2.39. The van der Waals surface area contributed by atoms with E-state index in [9.17, 15) is 19.2 Å². The molecule has 1 saturated heterocycles. The summed E-state index contributed by atoms with van der Waals surface area (Å²) in [7, 11) is 1.19. The molecule has 2 unspecified atom stereocenters. The maximum Gasteiger partial charge on any atom is 0.355 e. The number of Topliss-reactive ketones (excluding diaryl/α,β-unsaturated/α-hetero) is 1. The molecule has 2 aliphatic rings. The van der Waals surface area contributed by atoms with Crippen molar-refractivity contribution in [3.63, 3.8) is 0 Å². The first kappa shape index (κ1) is 18.8. The number of hydrogen-bond acceptors (Lipinski definition) is 7. The molecule has 0 spiro atoms. The van der Waals surface area contributed by atoms with E-state index >= 15 is 0 Å². The number of hydrazone groups is 1. The first-order valence-corrected chi connectivity index (χ1v) is 8.57. The van der Waals surface area contributed by atoms with E-state index in [-0.39, 0.29) is 17.9 Å². The van der Waals surface area contributed by atoms with Gasteiger partial charge in [-0.2, -0.15) is 5.10 Å². The molecule has 142 valence electrons. The SMILES string of the molecule is COC(=O)C1=NN(C(C)(C)CC(C)=O)C2C(=O)N(c3ccccc3)C(=O)C12. The van der Waals surface area contributed by atoms with Crippen molar-refractivity contribution in [2.45, 2.75) is 38.8 Å². The second-order valence-electron chi connectivity index (χ2n) is 7.28. The van der Waals surface area contributed by atoms with Crippen molar-refractivity contribution in [1.82, 2.24) is 5.01 Å². The third-order valence-electron chi connectivity index (χ3n) is 4.76. The molecule has 8 heteroatoms. The lowest BCUT2D eigenvalue weighted by atomic mass is 9.92. The summed E-state index contributed by atoms with van der Waals surface area (Å²) in [6.07, 6.45) is 0.112. The molecule has 2 amide bonds. The number of imide groups is 1. The van der Waals surface area contributed by atoms with Crippen LogP contribution in [-0.2, 0) is 23.9 Å². The standard InChI is InChI=1S/C19H21N3O5/c1-11(23)10-19(2,3)22-15-13(14(20-22)18(26)27-4)16(24)21(17(15)25)12-8-6-5-7-9-12/h5-9,13,15H,10H2,1-4H3. The summed E-state index contributed by atoms with van der Waals surface area (Å²) in [4.78, 5) is 51.2. The van der Waals surface area contributed by atoms with Gasteiger partial charge in [0.25, 0.3) is 5.91 Å². The number of nitrogens with zero attached hydrogens (tertiary/aromatic N) is 3. The summed E-state index contributed by atoms with van der Waals surface area (Å²) in [5.41, 5.74) is -0.543. The van der Waals surface area contributed by atoms with Crippen molar-refractivity contribution in [3.05, 3.63) is 30.3 Å². The van der Waals surface area contributed by atoms with E-state index in [0.29, 0.717) is 5.69 Å². The Bertz CT molecular complexity index is 846. The first-order chi connectivity index (χ1) is 12.7. The molecule has 1 aromatic rings. The minimum absolute atomic E-state index is 0.0880. The first-order valence-electron chi connectivity index (χ1n) is 8.57. The van der Waals surface area contributed by atoms with Crippen LogP contribution < -0.4 is 4.90 Å². The van der Waals surface area contributed by atoms with E-state index in [4.69, 9.17) is 4.74 Å². The number of amides is 2. The van der Waals surface area contributed by atoms with Crippen LogP contribution in [0.25, 0.3) is 0 Å². The van der Waals surface area contributed by atoms with Crippen LogP contribution in [0, 0.1) is 5.92 Å². The fraction of sp³-hybridized carbons (Fsp3) is 0.421. The zero-order chi connectivity index (χ0) is 19.9. The van der Waals surface area contributed by atoms with Gasteiger partial charge in [0.2, 0.25) is 5.91 Å². The number of anilines is 1. The molecule has 1 aromatic carbocycles. The molecule has 8 nitrogen and oxygen atoms in total. The molecular formula is C19H21N3O5. The Morgan fingerprint density at radius 1 is 1.15 bits per heavy atom. The van der Waals surface area contributed by atoms with Gasteiger partial charge in [0, 0.05) is 6.42 Å². The van der Waals surface area contributed by atoms with Crippen LogP contribution >= 0.6 is 0 Å². The second-order valence-corrected chi connectivity index (χ2v) is 7.28. The van der Waals surface area contributed by atoms with E-state index < -0.39 is 35.3 Å². The number of rotatable bonds is 5. The van der Waals surface area contributed by atoms with E-state index in [2.05, 4.69) is 5.10 Å². The molecule has 0 saturated carbocycles. The minimum Gasteiger partial charge on any atom is -0.464 e. The highest BCUT2D eigenvalue weighted by atomic mass is 16.5. The second kappa shape index (κ2) is 6.61. The Hall–Kier alpha value is -3.03. The van der Waals surface area contributed by atoms with Crippen molar-refractivity contribution in [3.8, 4) is 0 Å². The van der Waals surface area contributed by atoms with Gasteiger partial charge in [0.05, 0.1) is 18.3 Å². The zero-order valence-electron chi connectivity index (χ0n) is 15.6. The average Bonchev–Trinajstić information content (AvgIpc) is 3.12. The van der Waals surface area contributed by atoms with Crippen LogP contribution in [-0.4, -0.2) is 53.0 Å². The predicted molar refractivity (Wildman–Crippen MR) is 96.9 cm³/mol. The van der Waals surface area contributed by atoms with Gasteiger partial charge in [0.15, 0.2) is 5.71 Å². The summed E-state index contributed by atoms with van der Waals surface area (Å²) >= 11 is 0. The molecule has 0 radical (unpaired) electrons. The number of ether oxygens (including phenoxy) is 1. The third-order valence-corrected chi connectivity index (χ3v) is 4.76. The van der Waals surface area contributed by atoms with Crippen molar-refractivity contribution in [2.24, 2.45) is 11.0 Å². The predicted octanol–water partition coefficient (Wildman–Crippen LogP) is 1.15. The lowest BCUT2D eigenvalue weighted by Gasteiger charge is -2.36. The Balaban J connectivity index is 2.07. The van der Waals surface area contributed by atoms with Crippen LogP contribution in [0.4, 0.5) is 5.69 Å². The van der Waals surface area contributed by atoms with Crippen LogP contribution in [0.15, 0.2) is 35.4 Å². The maximum atomic E-state index is 13.2. The lowest BCUT2D eigenvalue weighted by molar-refractivity contribution is -0.133. The van der Waals surface area contributed by atoms with Gasteiger partial charge in [-0.1, -0.05) is 18.2 Å². The van der Waals surface area contributed by atoms with E-state index in [1.807, 2.05) is 0 Å². The monoisotopic (exact) mass is 371 g/mol. The largest absolute Gasteiger partial charge is 0.464 e. The molecular weight excluding hydrogens is 350 g/mol. The quantitative estimate of drug-likeness (QED) is 0.569. The number of fused-ring (bicyclic) bond motifs is 1. The fourth-order valence-electron chi connectivity index (χ4n) is 3.72. The maximum absolute atomic E-state index is 13.2. The summed E-state index contributed by atoms with van der Waals surface area (Å²) in [5, 5.41) is 5.66. The topological polar surface area (TPSA) is 96.3 Å². The smallest absolute Gasteiger partial charge is 0.355 e. The number of ketones is 1. The number of benzene rings is 1. The molecule has 0 N–H and O–H groups in total. The summed E-state index contributed by atoms with van der Waals surface area (Å²) < 4.78 is 4.76. The summed E-state index contributed by atoms with van der Waals surface area (Å²) in [6, 6.07) is 7.53. The van der Waals surface area contributed by atoms with Crippen molar-refractivity contribution < 1.29 is 23.9 Å². The number of methoxy groups -OCH3 is 1. The molecule has 2 atom stereocenters. The molecule has 2 heterocycles. The summed E-state index contributed by atoms with van der Waals surface area (Å²) in [6.45, 7) is 4.94. The van der Waals surface area contributed by atoms with Crippen LogP contribution in [0.5, 0.6) is 0 Å². The number of carbonyl (C=O) groups is 4. The molecule has 0 bridgehead atoms. The van der Waals surface area contributed by atoms with Crippen molar-refractivity contribution >= 4 is 35.0 Å². The molecule has 1 fully saturated rings. The van der Waals surface area contributed by atoms with Crippen LogP contribution in [0.3, 0.4) is 0 Å². The highest BCUT2D eigenvalue weighted by Gasteiger charge is 2.60. The van der Waals surface area contributed by atoms with Crippen LogP contribution in [0.1, 0.15) is 27.2 Å². The van der Waals surface area contributed by atoms with Gasteiger partial charge in [-0.15, -0.1) is 0 Å². The van der Waals surface area contributed by atoms with Gasteiger partial charge in [-0.05, 0) is 32.9 Å². The van der Waals surface area contributed by atoms with Gasteiger partial charge in [-0.25, -0.2) is 9.69 Å². The van der Waals surface area contributed by atoms with Gasteiger partial charge in [0.1, 0.15) is 17.7 Å². The minimum atomic E-state index is -1.06. The third kappa shape index (κ3) is 3.01. The van der Waals surface area contributed by atoms with E-state index in [1.165, 1.54) is 19.0 Å². The van der Waals surface area contributed by atoms with Crippen molar-refractivity contribution in [1.29, 1.82) is 0 Å². The Labute approximate surface area is 156 Å². The highest BCUT2D eigenvalue weighted by molar-refractivity contribution is 6.46. The van der Waals surface area contributed by atoms with Gasteiger partial charge >= 0.3 is 5.97 Å².